The first-order chi connectivity index (χ1) is 12.2. The number of benzene rings is 2. The van der Waals surface area contributed by atoms with Gasteiger partial charge >= 0.3 is 6.18 Å². The van der Waals surface area contributed by atoms with Crippen molar-refractivity contribution >= 4 is 5.69 Å². The maximum Gasteiger partial charge on any atom is 0.435 e. The SMILES string of the molecule is COc1ccc(-c2cc(F)cc(F)c2-n2ncc(N)c2C(F)(F)F)cc1. The van der Waals surface area contributed by atoms with Crippen molar-refractivity contribution in [2.24, 2.45) is 0 Å². The number of aromatic nitrogens is 2. The van der Waals surface area contributed by atoms with Crippen LogP contribution in [0.1, 0.15) is 5.69 Å². The van der Waals surface area contributed by atoms with Crippen molar-refractivity contribution < 1.29 is 26.7 Å². The van der Waals surface area contributed by atoms with Crippen molar-refractivity contribution in [1.29, 1.82) is 0 Å². The van der Waals surface area contributed by atoms with Crippen molar-refractivity contribution in [3.8, 4) is 22.6 Å². The van der Waals surface area contributed by atoms with Gasteiger partial charge in [-0.2, -0.15) is 18.3 Å². The smallest absolute Gasteiger partial charge is 0.435 e. The van der Waals surface area contributed by atoms with E-state index in [1.165, 1.54) is 31.4 Å². The highest BCUT2D eigenvalue weighted by Gasteiger charge is 2.39. The fourth-order valence-electron chi connectivity index (χ4n) is 2.59. The van der Waals surface area contributed by atoms with E-state index in [-0.39, 0.29) is 11.1 Å². The molecule has 0 bridgehead atoms. The zero-order valence-electron chi connectivity index (χ0n) is 13.3. The van der Waals surface area contributed by atoms with Gasteiger partial charge in [0.25, 0.3) is 0 Å². The van der Waals surface area contributed by atoms with E-state index in [9.17, 15) is 22.0 Å². The van der Waals surface area contributed by atoms with Gasteiger partial charge in [0.15, 0.2) is 11.5 Å². The van der Waals surface area contributed by atoms with Crippen LogP contribution in [0.4, 0.5) is 27.6 Å². The molecule has 26 heavy (non-hydrogen) atoms. The predicted molar refractivity (Wildman–Crippen MR) is 84.9 cm³/mol. The number of methoxy groups -OCH3 is 1. The summed E-state index contributed by atoms with van der Waals surface area (Å²) in [6.07, 6.45) is -4.11. The molecule has 0 unspecified atom stereocenters. The van der Waals surface area contributed by atoms with Gasteiger partial charge in [-0.05, 0) is 23.8 Å². The molecule has 1 aromatic heterocycles. The molecule has 0 spiro atoms. The third-order valence-corrected chi connectivity index (χ3v) is 3.71. The van der Waals surface area contributed by atoms with Crippen LogP contribution < -0.4 is 10.5 Å². The van der Waals surface area contributed by atoms with Gasteiger partial charge in [0.05, 0.1) is 19.0 Å². The standard InChI is InChI=1S/C17H12F5N3O/c1-26-11-4-2-9(3-5-11)12-6-10(18)7-13(19)15(12)25-16(17(20,21)22)14(23)8-24-25/h2-8H,23H2,1H3. The molecule has 9 heteroatoms. The van der Waals surface area contributed by atoms with E-state index in [0.717, 1.165) is 12.3 Å². The molecular formula is C17H12F5N3O. The molecule has 0 saturated heterocycles. The number of hydrogen-bond acceptors (Lipinski definition) is 3. The number of rotatable bonds is 3. The van der Waals surface area contributed by atoms with Gasteiger partial charge in [-0.1, -0.05) is 12.1 Å². The van der Waals surface area contributed by atoms with E-state index in [2.05, 4.69) is 5.10 Å². The average Bonchev–Trinajstić information content (AvgIpc) is 2.95. The molecule has 0 aliphatic heterocycles. The molecule has 0 radical (unpaired) electrons. The second-order valence-corrected chi connectivity index (χ2v) is 5.37. The van der Waals surface area contributed by atoms with Crippen LogP contribution in [-0.2, 0) is 6.18 Å². The Kier molecular flexibility index (Phi) is 4.31. The Hall–Kier alpha value is -3.10. The Morgan fingerprint density at radius 2 is 1.73 bits per heavy atom. The molecule has 0 aliphatic carbocycles. The lowest BCUT2D eigenvalue weighted by Gasteiger charge is -2.16. The normalized spacial score (nSPS) is 11.6. The Labute approximate surface area is 144 Å². The summed E-state index contributed by atoms with van der Waals surface area (Å²) in [5, 5.41) is 3.55. The second-order valence-electron chi connectivity index (χ2n) is 5.37. The van der Waals surface area contributed by atoms with Crippen molar-refractivity contribution in [2.45, 2.75) is 6.18 Å². The molecule has 3 aromatic rings. The predicted octanol–water partition coefficient (Wildman–Crippen LogP) is 4.43. The van der Waals surface area contributed by atoms with Crippen LogP contribution in [0.3, 0.4) is 0 Å². The molecular weight excluding hydrogens is 357 g/mol. The topological polar surface area (TPSA) is 53.1 Å². The van der Waals surface area contributed by atoms with Gasteiger partial charge in [0.1, 0.15) is 17.3 Å². The summed E-state index contributed by atoms with van der Waals surface area (Å²) in [4.78, 5) is 0. The molecule has 2 N–H and O–H groups in total. The lowest BCUT2D eigenvalue weighted by Crippen LogP contribution is -2.17. The second kappa shape index (κ2) is 6.32. The Morgan fingerprint density at radius 3 is 2.31 bits per heavy atom. The highest BCUT2D eigenvalue weighted by Crippen LogP contribution is 2.38. The lowest BCUT2D eigenvalue weighted by molar-refractivity contribution is -0.142. The number of hydrogen-bond donors (Lipinski definition) is 1. The summed E-state index contributed by atoms with van der Waals surface area (Å²) in [6.45, 7) is 0. The maximum absolute atomic E-state index is 14.5. The van der Waals surface area contributed by atoms with Crippen LogP contribution in [0.5, 0.6) is 5.75 Å². The van der Waals surface area contributed by atoms with E-state index in [1.54, 1.807) is 0 Å². The lowest BCUT2D eigenvalue weighted by atomic mass is 10.0. The molecule has 0 saturated carbocycles. The van der Waals surface area contributed by atoms with Crippen molar-refractivity contribution in [3.63, 3.8) is 0 Å². The van der Waals surface area contributed by atoms with Crippen molar-refractivity contribution in [2.75, 3.05) is 12.8 Å². The van der Waals surface area contributed by atoms with Gasteiger partial charge in [-0.25, -0.2) is 13.5 Å². The third-order valence-electron chi connectivity index (χ3n) is 3.71. The van der Waals surface area contributed by atoms with Crippen LogP contribution in [-0.4, -0.2) is 16.9 Å². The van der Waals surface area contributed by atoms with E-state index in [4.69, 9.17) is 10.5 Å². The Balaban J connectivity index is 2.29. The summed E-state index contributed by atoms with van der Waals surface area (Å²) in [6, 6.07) is 7.39. The number of nitrogens with zero attached hydrogens (tertiary/aromatic N) is 2. The van der Waals surface area contributed by atoms with E-state index in [0.29, 0.717) is 16.5 Å². The zero-order valence-corrected chi connectivity index (χ0v) is 13.3. The summed E-state index contributed by atoms with van der Waals surface area (Å²) in [5.41, 5.74) is 2.97. The molecule has 136 valence electrons. The summed E-state index contributed by atoms with van der Waals surface area (Å²) in [7, 11) is 1.43. The van der Waals surface area contributed by atoms with E-state index < -0.39 is 34.9 Å². The van der Waals surface area contributed by atoms with E-state index in [1.807, 2.05) is 0 Å². The minimum Gasteiger partial charge on any atom is -0.497 e. The van der Waals surface area contributed by atoms with Gasteiger partial charge in [0, 0.05) is 11.6 Å². The largest absolute Gasteiger partial charge is 0.497 e. The fraction of sp³-hybridized carbons (Fsp3) is 0.118. The van der Waals surface area contributed by atoms with Gasteiger partial charge in [0.2, 0.25) is 0 Å². The molecule has 0 aliphatic rings. The number of nitrogen functional groups attached to an aromatic ring is 1. The number of anilines is 1. The molecule has 0 fully saturated rings. The minimum absolute atomic E-state index is 0.112. The number of ether oxygens (including phenoxy) is 1. The van der Waals surface area contributed by atoms with Gasteiger partial charge in [-0.15, -0.1) is 0 Å². The highest BCUT2D eigenvalue weighted by atomic mass is 19.4. The number of nitrogens with two attached hydrogens (primary N) is 1. The monoisotopic (exact) mass is 369 g/mol. The van der Waals surface area contributed by atoms with Gasteiger partial charge in [-0.3, -0.25) is 0 Å². The molecule has 3 rings (SSSR count). The third kappa shape index (κ3) is 3.07. The molecule has 2 aromatic carbocycles. The minimum atomic E-state index is -4.88. The zero-order chi connectivity index (χ0) is 19.1. The van der Waals surface area contributed by atoms with Crippen molar-refractivity contribution in [1.82, 2.24) is 9.78 Å². The van der Waals surface area contributed by atoms with E-state index >= 15 is 0 Å². The first-order valence-corrected chi connectivity index (χ1v) is 7.27. The first-order valence-electron chi connectivity index (χ1n) is 7.27. The Morgan fingerprint density at radius 1 is 1.08 bits per heavy atom. The summed E-state index contributed by atoms with van der Waals surface area (Å²) < 4.78 is 73.5. The quantitative estimate of drug-likeness (QED) is 0.695. The molecule has 1 heterocycles. The molecule has 4 nitrogen and oxygen atoms in total. The molecule has 0 atom stereocenters. The van der Waals surface area contributed by atoms with Crippen LogP contribution >= 0.6 is 0 Å². The van der Waals surface area contributed by atoms with Crippen LogP contribution in [0.15, 0.2) is 42.6 Å². The fourth-order valence-corrected chi connectivity index (χ4v) is 2.59. The highest BCUT2D eigenvalue weighted by molar-refractivity contribution is 5.74. The van der Waals surface area contributed by atoms with Crippen LogP contribution in [0, 0.1) is 11.6 Å². The average molecular weight is 369 g/mol. The number of halogens is 5. The van der Waals surface area contributed by atoms with Crippen LogP contribution in [0.2, 0.25) is 0 Å². The Bertz CT molecular complexity index is 948. The number of alkyl halides is 3. The first kappa shape index (κ1) is 17.7. The summed E-state index contributed by atoms with van der Waals surface area (Å²) >= 11 is 0. The van der Waals surface area contributed by atoms with Crippen LogP contribution in [0.25, 0.3) is 16.8 Å². The van der Waals surface area contributed by atoms with Crippen molar-refractivity contribution in [3.05, 3.63) is 59.9 Å². The maximum atomic E-state index is 14.5. The molecule has 0 amide bonds. The van der Waals surface area contributed by atoms with Gasteiger partial charge < -0.3 is 10.5 Å². The summed E-state index contributed by atoms with van der Waals surface area (Å²) in [5.74, 6) is -1.67.